The molecule has 1 fully saturated rings. The van der Waals surface area contributed by atoms with Crippen molar-refractivity contribution in [2.24, 2.45) is 5.41 Å². The molecule has 8 nitrogen and oxygen atoms in total. The molecule has 3 rings (SSSR count). The minimum Gasteiger partial charge on any atom is -0.495 e. The number of sulfonamides is 2. The van der Waals surface area contributed by atoms with Crippen LogP contribution in [0.2, 0.25) is 10.0 Å². The minimum atomic E-state index is -4.26. The van der Waals surface area contributed by atoms with E-state index in [-0.39, 0.29) is 32.8 Å². The summed E-state index contributed by atoms with van der Waals surface area (Å²) < 4.78 is 59.2. The summed E-state index contributed by atoms with van der Waals surface area (Å²) in [6, 6.07) is 7.87. The Balaban J connectivity index is 2.10. The van der Waals surface area contributed by atoms with Gasteiger partial charge >= 0.3 is 0 Å². The summed E-state index contributed by atoms with van der Waals surface area (Å²) in [6.45, 7) is 3.02. The largest absolute Gasteiger partial charge is 0.495 e. The number of methoxy groups -OCH3 is 1. The van der Waals surface area contributed by atoms with Gasteiger partial charge in [-0.2, -0.15) is 0 Å². The maximum atomic E-state index is 13.0. The lowest BCUT2D eigenvalue weighted by atomic mass is 9.95. The van der Waals surface area contributed by atoms with Crippen LogP contribution in [0, 0.1) is 5.41 Å². The average Bonchev–Trinajstić information content (AvgIpc) is 2.79. The Labute approximate surface area is 184 Å². The van der Waals surface area contributed by atoms with E-state index in [1.165, 1.54) is 51.3 Å². The lowest BCUT2D eigenvalue weighted by Crippen LogP contribution is -2.33. The van der Waals surface area contributed by atoms with Crippen LogP contribution in [0.4, 0.5) is 11.4 Å². The number of carbonyl (C=O) groups is 1. The molecule has 0 spiro atoms. The number of hydrogen-bond acceptors (Lipinski definition) is 6. The van der Waals surface area contributed by atoms with Crippen molar-refractivity contribution in [3.8, 4) is 5.75 Å². The molecule has 1 saturated heterocycles. The summed E-state index contributed by atoms with van der Waals surface area (Å²) in [6.07, 6.45) is 0. The highest BCUT2D eigenvalue weighted by molar-refractivity contribution is 7.94. The highest BCUT2D eigenvalue weighted by atomic mass is 35.5. The van der Waals surface area contributed by atoms with Gasteiger partial charge in [0.2, 0.25) is 15.9 Å². The average molecular weight is 493 g/mol. The molecule has 30 heavy (non-hydrogen) atoms. The number of hydrogen-bond donors (Lipinski definition) is 1. The van der Waals surface area contributed by atoms with Gasteiger partial charge in [-0.05, 0) is 50.2 Å². The van der Waals surface area contributed by atoms with Crippen molar-refractivity contribution in [3.05, 3.63) is 46.4 Å². The molecule has 162 valence electrons. The zero-order valence-corrected chi connectivity index (χ0v) is 19.3. The Bertz CT molecular complexity index is 1240. The van der Waals surface area contributed by atoms with Crippen molar-refractivity contribution < 1.29 is 26.4 Å². The molecule has 1 aliphatic rings. The number of benzene rings is 2. The van der Waals surface area contributed by atoms with Gasteiger partial charge in [0.05, 0.1) is 34.7 Å². The first-order valence-electron chi connectivity index (χ1n) is 8.52. The Hall–Kier alpha value is -2.01. The first-order chi connectivity index (χ1) is 13.8. The summed E-state index contributed by atoms with van der Waals surface area (Å²) in [5.41, 5.74) is -1.17. The Morgan fingerprint density at radius 3 is 2.33 bits per heavy atom. The van der Waals surface area contributed by atoms with E-state index in [1.54, 1.807) is 0 Å². The van der Waals surface area contributed by atoms with Gasteiger partial charge < -0.3 is 4.74 Å². The summed E-state index contributed by atoms with van der Waals surface area (Å²) in [5.74, 6) is -1.07. The van der Waals surface area contributed by atoms with E-state index in [1.807, 2.05) is 0 Å². The molecule has 1 aliphatic heterocycles. The zero-order valence-electron chi connectivity index (χ0n) is 16.1. The third-order valence-corrected chi connectivity index (χ3v) is 8.39. The SMILES string of the molecule is COc1ccc(N2C(=O)C(C)(C)CS2(=O)=O)cc1S(=O)(=O)Nc1ccc(Cl)cc1Cl. The van der Waals surface area contributed by atoms with Crippen molar-refractivity contribution in [3.63, 3.8) is 0 Å². The van der Waals surface area contributed by atoms with Crippen LogP contribution < -0.4 is 13.8 Å². The number of anilines is 2. The van der Waals surface area contributed by atoms with E-state index >= 15 is 0 Å². The predicted octanol–water partition coefficient (Wildman–Crippen LogP) is 3.51. The quantitative estimate of drug-likeness (QED) is 0.683. The molecule has 0 bridgehead atoms. The van der Waals surface area contributed by atoms with E-state index in [0.29, 0.717) is 9.33 Å². The van der Waals surface area contributed by atoms with Gasteiger partial charge in [-0.15, -0.1) is 0 Å². The molecule has 1 amide bonds. The van der Waals surface area contributed by atoms with Crippen LogP contribution in [0.25, 0.3) is 0 Å². The topological polar surface area (TPSA) is 110 Å². The monoisotopic (exact) mass is 492 g/mol. The Morgan fingerprint density at radius 1 is 1.13 bits per heavy atom. The highest BCUT2D eigenvalue weighted by Gasteiger charge is 2.50. The third kappa shape index (κ3) is 4.09. The molecule has 0 radical (unpaired) electrons. The first kappa shape index (κ1) is 22.7. The summed E-state index contributed by atoms with van der Waals surface area (Å²) in [5, 5.41) is 0.392. The molecule has 0 atom stereocenters. The second-order valence-corrected chi connectivity index (χ2v) is 11.6. The number of amides is 1. The molecule has 0 saturated carbocycles. The second-order valence-electron chi connectivity index (χ2n) is 7.27. The normalized spacial score (nSPS) is 17.8. The number of rotatable bonds is 5. The van der Waals surface area contributed by atoms with Crippen LogP contribution in [0.5, 0.6) is 5.75 Å². The Morgan fingerprint density at radius 2 is 1.80 bits per heavy atom. The van der Waals surface area contributed by atoms with Crippen molar-refractivity contribution in [1.82, 2.24) is 0 Å². The van der Waals surface area contributed by atoms with Gasteiger partial charge in [0.25, 0.3) is 10.0 Å². The third-order valence-electron chi connectivity index (χ3n) is 4.43. The van der Waals surface area contributed by atoms with Gasteiger partial charge in [-0.1, -0.05) is 23.2 Å². The maximum absolute atomic E-state index is 13.0. The summed E-state index contributed by atoms with van der Waals surface area (Å²) in [7, 11) is -6.95. The predicted molar refractivity (Wildman–Crippen MR) is 115 cm³/mol. The van der Waals surface area contributed by atoms with E-state index in [0.717, 1.165) is 6.07 Å². The van der Waals surface area contributed by atoms with Crippen LogP contribution in [0.3, 0.4) is 0 Å². The van der Waals surface area contributed by atoms with Gasteiger partial charge in [-0.3, -0.25) is 9.52 Å². The Kier molecular flexibility index (Phi) is 5.74. The molecule has 12 heteroatoms. The molecule has 2 aromatic carbocycles. The molecular formula is C18H18Cl2N2O6S2. The van der Waals surface area contributed by atoms with E-state index in [2.05, 4.69) is 4.72 Å². The number of halogens is 2. The minimum absolute atomic E-state index is 0.0420. The lowest BCUT2D eigenvalue weighted by molar-refractivity contribution is -0.123. The number of ether oxygens (including phenoxy) is 1. The van der Waals surface area contributed by atoms with Crippen molar-refractivity contribution in [1.29, 1.82) is 0 Å². The fourth-order valence-corrected chi connectivity index (χ4v) is 6.92. The fourth-order valence-electron chi connectivity index (χ4n) is 3.04. The molecule has 0 aromatic heterocycles. The zero-order chi connectivity index (χ0) is 22.5. The van der Waals surface area contributed by atoms with Gasteiger partial charge in [0, 0.05) is 5.02 Å². The first-order valence-corrected chi connectivity index (χ1v) is 12.4. The molecule has 0 unspecified atom stereocenters. The highest BCUT2D eigenvalue weighted by Crippen LogP contribution is 2.39. The molecular weight excluding hydrogens is 475 g/mol. The van der Waals surface area contributed by atoms with Crippen LogP contribution in [0.1, 0.15) is 13.8 Å². The maximum Gasteiger partial charge on any atom is 0.265 e. The van der Waals surface area contributed by atoms with Gasteiger partial charge in [0.1, 0.15) is 10.6 Å². The summed E-state index contributed by atoms with van der Waals surface area (Å²) in [4.78, 5) is 12.3. The van der Waals surface area contributed by atoms with Crippen LogP contribution in [-0.2, 0) is 24.8 Å². The standard InChI is InChI=1S/C18H18Cl2N2O6S2/c1-18(2)10-29(24,25)22(17(18)23)12-5-7-15(28-3)16(9-12)30(26,27)21-14-6-4-11(19)8-13(14)20/h4-9,21H,10H2,1-3H3. The molecule has 1 N–H and O–H groups in total. The molecule has 0 aliphatic carbocycles. The number of carbonyl (C=O) groups excluding carboxylic acids is 1. The fraction of sp³-hybridized carbons (Fsp3) is 0.278. The number of nitrogens with one attached hydrogen (secondary N) is 1. The summed E-state index contributed by atoms with van der Waals surface area (Å²) >= 11 is 11.9. The van der Waals surface area contributed by atoms with Crippen LogP contribution in [-0.4, -0.2) is 35.6 Å². The van der Waals surface area contributed by atoms with Crippen molar-refractivity contribution in [2.75, 3.05) is 21.9 Å². The van der Waals surface area contributed by atoms with Gasteiger partial charge in [0.15, 0.2) is 0 Å². The van der Waals surface area contributed by atoms with Crippen molar-refractivity contribution in [2.45, 2.75) is 18.7 Å². The van der Waals surface area contributed by atoms with Gasteiger partial charge in [-0.25, -0.2) is 21.1 Å². The number of nitrogens with zero attached hydrogens (tertiary/aromatic N) is 1. The molecule has 2 aromatic rings. The van der Waals surface area contributed by atoms with E-state index < -0.39 is 31.4 Å². The second kappa shape index (κ2) is 7.60. The van der Waals surface area contributed by atoms with E-state index in [4.69, 9.17) is 27.9 Å². The lowest BCUT2D eigenvalue weighted by Gasteiger charge is -2.19. The van der Waals surface area contributed by atoms with Crippen LogP contribution in [0.15, 0.2) is 41.3 Å². The van der Waals surface area contributed by atoms with Crippen molar-refractivity contribution >= 4 is 60.5 Å². The smallest absolute Gasteiger partial charge is 0.265 e. The van der Waals surface area contributed by atoms with Crippen LogP contribution >= 0.6 is 23.2 Å². The molecule has 1 heterocycles. The van der Waals surface area contributed by atoms with E-state index in [9.17, 15) is 21.6 Å².